The van der Waals surface area contributed by atoms with Crippen LogP contribution >= 0.6 is 0 Å². The van der Waals surface area contributed by atoms with E-state index in [1.165, 1.54) is 80.9 Å². The van der Waals surface area contributed by atoms with Crippen molar-refractivity contribution in [3.05, 3.63) is 71.3 Å². The molecule has 0 saturated heterocycles. The fraction of sp³-hybridized carbons (Fsp3) is 0.531. The number of benzene rings is 2. The van der Waals surface area contributed by atoms with Gasteiger partial charge in [0.25, 0.3) is 0 Å². The maximum atomic E-state index is 12.9. The fourth-order valence-corrected chi connectivity index (χ4v) is 5.97. The fourth-order valence-electron chi connectivity index (χ4n) is 5.97. The summed E-state index contributed by atoms with van der Waals surface area (Å²) in [6.07, 6.45) is 17.6. The minimum absolute atomic E-state index is 0.0317. The van der Waals surface area contributed by atoms with Crippen LogP contribution in [-0.4, -0.2) is 12.9 Å². The molecular formula is C32H42O2. The first-order valence-electron chi connectivity index (χ1n) is 13.7. The normalized spacial score (nSPS) is 22.9. The van der Waals surface area contributed by atoms with Crippen LogP contribution < -0.4 is 4.74 Å². The van der Waals surface area contributed by atoms with Crippen molar-refractivity contribution >= 4 is 11.4 Å². The molecule has 2 heteroatoms. The molecule has 4 rings (SSSR count). The Morgan fingerprint density at radius 2 is 1.47 bits per heavy atom. The van der Waals surface area contributed by atoms with Crippen LogP contribution in [0.15, 0.2) is 54.6 Å². The zero-order valence-electron chi connectivity index (χ0n) is 21.2. The van der Waals surface area contributed by atoms with Crippen molar-refractivity contribution in [1.82, 2.24) is 0 Å². The van der Waals surface area contributed by atoms with Gasteiger partial charge in [0.1, 0.15) is 5.75 Å². The largest absolute Gasteiger partial charge is 0.497 e. The Morgan fingerprint density at radius 3 is 2.12 bits per heavy atom. The van der Waals surface area contributed by atoms with E-state index >= 15 is 0 Å². The maximum absolute atomic E-state index is 12.9. The Balaban J connectivity index is 1.29. The lowest BCUT2D eigenvalue weighted by Gasteiger charge is -2.29. The molecule has 2 aliphatic carbocycles. The molecule has 0 amide bonds. The highest BCUT2D eigenvalue weighted by Gasteiger charge is 2.25. The summed E-state index contributed by atoms with van der Waals surface area (Å²) in [5.74, 6) is 2.69. The van der Waals surface area contributed by atoms with Crippen LogP contribution in [-0.2, 0) is 4.79 Å². The average molecular weight is 459 g/mol. The molecule has 2 aromatic rings. The molecule has 2 nitrogen and oxygen atoms in total. The van der Waals surface area contributed by atoms with Crippen LogP contribution in [0, 0.1) is 5.92 Å². The number of hydrogen-bond acceptors (Lipinski definition) is 2. The van der Waals surface area contributed by atoms with E-state index < -0.39 is 0 Å². The topological polar surface area (TPSA) is 26.3 Å². The third kappa shape index (κ3) is 6.40. The van der Waals surface area contributed by atoms with E-state index in [0.29, 0.717) is 5.92 Å². The molecule has 0 aliphatic heterocycles. The number of carbonyl (C=O) groups is 1. The van der Waals surface area contributed by atoms with Crippen LogP contribution in [0.5, 0.6) is 5.75 Å². The van der Waals surface area contributed by atoms with Crippen LogP contribution in [0.1, 0.15) is 112 Å². The Kier molecular flexibility index (Phi) is 9.02. The summed E-state index contributed by atoms with van der Waals surface area (Å²) in [5, 5.41) is 0. The monoisotopic (exact) mass is 458 g/mol. The predicted molar refractivity (Wildman–Crippen MR) is 142 cm³/mol. The van der Waals surface area contributed by atoms with Crippen molar-refractivity contribution < 1.29 is 9.53 Å². The van der Waals surface area contributed by atoms with Gasteiger partial charge >= 0.3 is 0 Å². The van der Waals surface area contributed by atoms with Gasteiger partial charge < -0.3 is 4.74 Å². The Hall–Kier alpha value is -2.35. The molecule has 1 fully saturated rings. The van der Waals surface area contributed by atoms with Crippen LogP contribution in [0.3, 0.4) is 0 Å². The first-order chi connectivity index (χ1) is 16.7. The Bertz CT molecular complexity index is 930. The van der Waals surface area contributed by atoms with Gasteiger partial charge in [0, 0.05) is 5.92 Å². The van der Waals surface area contributed by atoms with Gasteiger partial charge in [0.2, 0.25) is 0 Å². The van der Waals surface area contributed by atoms with Gasteiger partial charge in [0.15, 0.2) is 5.78 Å². The molecule has 0 aromatic heterocycles. The molecule has 0 radical (unpaired) electrons. The molecule has 0 bridgehead atoms. The number of allylic oxidation sites excluding steroid dienone is 2. The van der Waals surface area contributed by atoms with E-state index in [2.05, 4.69) is 31.2 Å². The zero-order chi connectivity index (χ0) is 23.8. The molecule has 2 aromatic carbocycles. The quantitative estimate of drug-likeness (QED) is 0.332. The lowest BCUT2D eigenvalue weighted by atomic mass is 9.76. The lowest BCUT2D eigenvalue weighted by molar-refractivity contribution is -0.116. The second-order valence-corrected chi connectivity index (χ2v) is 10.5. The van der Waals surface area contributed by atoms with E-state index in [1.807, 2.05) is 30.3 Å². The first-order valence-corrected chi connectivity index (χ1v) is 13.7. The number of carbonyl (C=O) groups excluding carboxylic acids is 1. The summed E-state index contributed by atoms with van der Waals surface area (Å²) < 4.78 is 5.25. The number of ketones is 1. The highest BCUT2D eigenvalue weighted by atomic mass is 16.5. The standard InChI is InChI=1S/C32H42O2/c1-3-4-5-6-7-8-24-9-11-25(12-10-24)26-13-15-27(16-14-26)29-19-22-31(32(33)23-29)28-17-20-30(34-2)21-18-28/h13-18,20-21,23-25,31H,3-12,19,22H2,1-2H3. The number of methoxy groups -OCH3 is 1. The van der Waals surface area contributed by atoms with E-state index in [0.717, 1.165) is 30.1 Å². The Labute approximate surface area is 206 Å². The minimum Gasteiger partial charge on any atom is -0.497 e. The summed E-state index contributed by atoms with van der Waals surface area (Å²) in [4.78, 5) is 12.9. The third-order valence-corrected chi connectivity index (χ3v) is 8.20. The second-order valence-electron chi connectivity index (χ2n) is 10.5. The summed E-state index contributed by atoms with van der Waals surface area (Å²) in [7, 11) is 1.67. The molecule has 34 heavy (non-hydrogen) atoms. The second kappa shape index (κ2) is 12.4. The van der Waals surface area contributed by atoms with Gasteiger partial charge in [-0.2, -0.15) is 0 Å². The van der Waals surface area contributed by atoms with Crippen molar-refractivity contribution in [2.75, 3.05) is 7.11 Å². The van der Waals surface area contributed by atoms with Gasteiger partial charge in [-0.15, -0.1) is 0 Å². The summed E-state index contributed by atoms with van der Waals surface area (Å²) in [5.41, 5.74) is 4.98. The highest BCUT2D eigenvalue weighted by Crippen LogP contribution is 2.39. The van der Waals surface area contributed by atoms with E-state index in [4.69, 9.17) is 4.74 Å². The lowest BCUT2D eigenvalue weighted by Crippen LogP contribution is -2.15. The van der Waals surface area contributed by atoms with Crippen molar-refractivity contribution in [1.29, 1.82) is 0 Å². The average Bonchev–Trinajstić information content (AvgIpc) is 2.89. The number of hydrogen-bond donors (Lipinski definition) is 0. The van der Waals surface area contributed by atoms with Gasteiger partial charge in [-0.3, -0.25) is 4.79 Å². The van der Waals surface area contributed by atoms with Crippen molar-refractivity contribution in [3.63, 3.8) is 0 Å². The molecule has 182 valence electrons. The van der Waals surface area contributed by atoms with Gasteiger partial charge in [-0.1, -0.05) is 81.8 Å². The minimum atomic E-state index is -0.0317. The van der Waals surface area contributed by atoms with Gasteiger partial charge in [-0.05, 0) is 90.8 Å². The molecule has 0 N–H and O–H groups in total. The number of ether oxygens (including phenoxy) is 1. The smallest absolute Gasteiger partial charge is 0.163 e. The predicted octanol–water partition coefficient (Wildman–Crippen LogP) is 8.86. The van der Waals surface area contributed by atoms with E-state index in [1.54, 1.807) is 7.11 Å². The molecule has 1 atom stereocenters. The highest BCUT2D eigenvalue weighted by molar-refractivity contribution is 6.02. The van der Waals surface area contributed by atoms with Crippen LogP contribution in [0.25, 0.3) is 5.57 Å². The number of rotatable bonds is 10. The summed E-state index contributed by atoms with van der Waals surface area (Å²) in [6, 6.07) is 17.1. The van der Waals surface area contributed by atoms with E-state index in [-0.39, 0.29) is 11.7 Å². The van der Waals surface area contributed by atoms with Crippen LogP contribution in [0.2, 0.25) is 0 Å². The van der Waals surface area contributed by atoms with Gasteiger partial charge in [-0.25, -0.2) is 0 Å². The Morgan fingerprint density at radius 1 is 0.794 bits per heavy atom. The van der Waals surface area contributed by atoms with Crippen molar-refractivity contribution in [2.24, 2.45) is 5.92 Å². The number of unbranched alkanes of at least 4 members (excludes halogenated alkanes) is 4. The summed E-state index contributed by atoms with van der Waals surface area (Å²) >= 11 is 0. The molecule has 1 unspecified atom stereocenters. The third-order valence-electron chi connectivity index (χ3n) is 8.20. The van der Waals surface area contributed by atoms with E-state index in [9.17, 15) is 4.79 Å². The maximum Gasteiger partial charge on any atom is 0.163 e. The molecular weight excluding hydrogens is 416 g/mol. The summed E-state index contributed by atoms with van der Waals surface area (Å²) in [6.45, 7) is 2.29. The van der Waals surface area contributed by atoms with Crippen LogP contribution in [0.4, 0.5) is 0 Å². The van der Waals surface area contributed by atoms with Crippen molar-refractivity contribution in [2.45, 2.75) is 95.8 Å². The molecule has 0 spiro atoms. The zero-order valence-corrected chi connectivity index (χ0v) is 21.2. The van der Waals surface area contributed by atoms with Crippen molar-refractivity contribution in [3.8, 4) is 5.75 Å². The molecule has 2 aliphatic rings. The SMILES string of the molecule is CCCCCCCC1CCC(c2ccc(C3=CC(=O)C(c4ccc(OC)cc4)CC3)cc2)CC1. The van der Waals surface area contributed by atoms with Gasteiger partial charge in [0.05, 0.1) is 7.11 Å². The molecule has 0 heterocycles. The first kappa shape index (κ1) is 24.8. The molecule has 1 saturated carbocycles.